The van der Waals surface area contributed by atoms with Crippen LogP contribution >= 0.6 is 23.4 Å². The molecule has 128 valence electrons. The lowest BCUT2D eigenvalue weighted by molar-refractivity contribution is -0.136. The summed E-state index contributed by atoms with van der Waals surface area (Å²) in [7, 11) is 0. The smallest absolute Gasteiger partial charge is 0.242 e. The van der Waals surface area contributed by atoms with Gasteiger partial charge < -0.3 is 10.2 Å². The van der Waals surface area contributed by atoms with Gasteiger partial charge in [0.05, 0.1) is 30.7 Å². The van der Waals surface area contributed by atoms with Gasteiger partial charge in [0, 0.05) is 22.4 Å². The molecular formula is C17H19ClFN3OS. The number of allylic oxidation sites excluding steroid dienone is 1. The van der Waals surface area contributed by atoms with E-state index in [1.165, 1.54) is 9.81 Å². The molecular weight excluding hydrogens is 349 g/mol. The van der Waals surface area contributed by atoms with Crippen LogP contribution in [0.4, 0.5) is 4.39 Å². The lowest BCUT2D eigenvalue weighted by Gasteiger charge is -2.34. The van der Waals surface area contributed by atoms with Crippen molar-refractivity contribution in [1.29, 1.82) is 0 Å². The summed E-state index contributed by atoms with van der Waals surface area (Å²) in [5, 5.41) is 3.02. The monoisotopic (exact) mass is 367 g/mol. The lowest BCUT2D eigenvalue weighted by Crippen LogP contribution is -2.53. The number of nitrogens with zero attached hydrogens (tertiary/aromatic N) is 2. The maximum Gasteiger partial charge on any atom is 0.242 e. The molecule has 1 unspecified atom stereocenters. The number of hydrogen-bond acceptors (Lipinski definition) is 4. The highest BCUT2D eigenvalue weighted by Gasteiger charge is 2.29. The molecule has 0 aromatic carbocycles. The molecule has 3 heterocycles. The zero-order chi connectivity index (χ0) is 17.1. The van der Waals surface area contributed by atoms with E-state index in [1.807, 2.05) is 19.2 Å². The number of carbonyl (C=O) groups excluding carboxylic acids is 1. The van der Waals surface area contributed by atoms with Crippen molar-refractivity contribution in [1.82, 2.24) is 15.2 Å². The molecule has 2 aliphatic heterocycles. The Morgan fingerprint density at radius 1 is 1.58 bits per heavy atom. The molecule has 1 aromatic heterocycles. The molecule has 0 saturated carbocycles. The van der Waals surface area contributed by atoms with Gasteiger partial charge in [0.25, 0.3) is 0 Å². The number of alkyl halides is 2. The van der Waals surface area contributed by atoms with E-state index in [2.05, 4.69) is 22.4 Å². The van der Waals surface area contributed by atoms with E-state index in [4.69, 9.17) is 11.6 Å². The van der Waals surface area contributed by atoms with Crippen LogP contribution in [0.3, 0.4) is 0 Å². The van der Waals surface area contributed by atoms with Crippen molar-refractivity contribution in [3.63, 3.8) is 0 Å². The minimum atomic E-state index is -0.864. The minimum Gasteiger partial charge on any atom is -0.382 e. The second kappa shape index (κ2) is 7.57. The fourth-order valence-corrected chi connectivity index (χ4v) is 3.89. The predicted molar refractivity (Wildman–Crippen MR) is 97.6 cm³/mol. The number of halogens is 2. The third-order valence-electron chi connectivity index (χ3n) is 3.94. The number of nitrogens with one attached hydrogen (secondary N) is 1. The van der Waals surface area contributed by atoms with Crippen molar-refractivity contribution >= 4 is 40.3 Å². The van der Waals surface area contributed by atoms with Crippen LogP contribution in [0.25, 0.3) is 11.0 Å². The Labute approximate surface area is 150 Å². The first-order chi connectivity index (χ1) is 11.5. The first kappa shape index (κ1) is 17.3. The maximum atomic E-state index is 12.7. The summed E-state index contributed by atoms with van der Waals surface area (Å²) in [6.45, 7) is 2.59. The topological polar surface area (TPSA) is 45.2 Å². The second-order valence-electron chi connectivity index (χ2n) is 5.89. The van der Waals surface area contributed by atoms with Crippen molar-refractivity contribution in [2.75, 3.05) is 25.4 Å². The van der Waals surface area contributed by atoms with Crippen molar-refractivity contribution in [3.8, 4) is 0 Å². The van der Waals surface area contributed by atoms with E-state index < -0.39 is 6.17 Å². The maximum absolute atomic E-state index is 12.7. The molecule has 24 heavy (non-hydrogen) atoms. The van der Waals surface area contributed by atoms with Crippen molar-refractivity contribution in [2.45, 2.75) is 18.5 Å². The van der Waals surface area contributed by atoms with Gasteiger partial charge >= 0.3 is 0 Å². The second-order valence-corrected chi connectivity index (χ2v) is 7.52. The molecule has 7 heteroatoms. The Morgan fingerprint density at radius 2 is 2.38 bits per heavy atom. The summed E-state index contributed by atoms with van der Waals surface area (Å²) in [5.41, 5.74) is 2.98. The van der Waals surface area contributed by atoms with Crippen molar-refractivity contribution in [2.24, 2.45) is 0 Å². The summed E-state index contributed by atoms with van der Waals surface area (Å²) in [4.78, 5) is 18.8. The number of hydrogen-bond donors (Lipinski definition) is 1. The van der Waals surface area contributed by atoms with Crippen LogP contribution in [-0.4, -0.2) is 52.7 Å². The van der Waals surface area contributed by atoms with E-state index in [0.29, 0.717) is 0 Å². The largest absolute Gasteiger partial charge is 0.382 e. The Kier molecular flexibility index (Phi) is 5.46. The average Bonchev–Trinajstić information content (AvgIpc) is 2.96. The van der Waals surface area contributed by atoms with Crippen molar-refractivity contribution in [3.05, 3.63) is 41.4 Å². The molecule has 0 aliphatic carbocycles. The molecule has 1 N–H and O–H groups in total. The van der Waals surface area contributed by atoms with Gasteiger partial charge in [-0.25, -0.2) is 4.39 Å². The SMILES string of the molecule is Cc1cc(C2=CC(Cl)CS2)cnc1/C=C\NCC(=O)N1CC(F)C1. The van der Waals surface area contributed by atoms with E-state index in [-0.39, 0.29) is 30.9 Å². The van der Waals surface area contributed by atoms with Crippen LogP contribution in [0.2, 0.25) is 0 Å². The fraction of sp³-hybridized carbons (Fsp3) is 0.412. The molecule has 1 atom stereocenters. The number of aromatic nitrogens is 1. The first-order valence-electron chi connectivity index (χ1n) is 7.80. The Morgan fingerprint density at radius 3 is 3.00 bits per heavy atom. The average molecular weight is 368 g/mol. The van der Waals surface area contributed by atoms with Gasteiger partial charge in [-0.1, -0.05) is 6.08 Å². The Hall–Kier alpha value is -1.53. The molecule has 1 fully saturated rings. The number of amides is 1. The molecule has 1 saturated heterocycles. The number of thioether (sulfide) groups is 1. The minimum absolute atomic E-state index is 0.0885. The quantitative estimate of drug-likeness (QED) is 0.813. The van der Waals surface area contributed by atoms with Crippen molar-refractivity contribution < 1.29 is 9.18 Å². The van der Waals surface area contributed by atoms with Crippen LogP contribution in [-0.2, 0) is 4.79 Å². The van der Waals surface area contributed by atoms with Gasteiger partial charge in [0.1, 0.15) is 6.17 Å². The standard InChI is InChI=1S/C17H19ClFN3OS/c1-11-4-12(16-5-13(18)10-24-16)6-21-15(11)2-3-20-7-17(23)22-8-14(19)9-22/h2-6,13-14,20H,7-10H2,1H3/b3-2-. The molecule has 3 rings (SSSR count). The summed E-state index contributed by atoms with van der Waals surface area (Å²) in [6.07, 6.45) is 6.58. The summed E-state index contributed by atoms with van der Waals surface area (Å²) in [5.74, 6) is 0.810. The number of pyridine rings is 1. The van der Waals surface area contributed by atoms with Gasteiger partial charge in [-0.2, -0.15) is 0 Å². The number of carbonyl (C=O) groups is 1. The normalized spacial score (nSPS) is 21.0. The summed E-state index contributed by atoms with van der Waals surface area (Å²) in [6, 6.07) is 2.09. The molecule has 2 aliphatic rings. The predicted octanol–water partition coefficient (Wildman–Crippen LogP) is 2.83. The first-order valence-corrected chi connectivity index (χ1v) is 9.22. The van der Waals surface area contributed by atoms with Gasteiger partial charge in [0.2, 0.25) is 5.91 Å². The fourth-order valence-electron chi connectivity index (χ4n) is 2.53. The third-order valence-corrected chi connectivity index (χ3v) is 5.61. The highest BCUT2D eigenvalue weighted by atomic mass is 35.5. The zero-order valence-corrected chi connectivity index (χ0v) is 14.9. The van der Waals surface area contributed by atoms with E-state index >= 15 is 0 Å². The zero-order valence-electron chi connectivity index (χ0n) is 13.3. The molecule has 1 aromatic rings. The lowest BCUT2D eigenvalue weighted by atomic mass is 10.1. The molecule has 0 spiro atoms. The van der Waals surface area contributed by atoms with Crippen LogP contribution < -0.4 is 5.32 Å². The molecule has 0 radical (unpaired) electrons. The van der Waals surface area contributed by atoms with E-state index in [1.54, 1.807) is 18.0 Å². The van der Waals surface area contributed by atoms with Gasteiger partial charge in [-0.05, 0) is 30.8 Å². The molecule has 1 amide bonds. The van der Waals surface area contributed by atoms with Crippen LogP contribution in [0.5, 0.6) is 0 Å². The van der Waals surface area contributed by atoms with Crippen LogP contribution in [0.1, 0.15) is 16.8 Å². The van der Waals surface area contributed by atoms with Crippen LogP contribution in [0, 0.1) is 6.92 Å². The number of likely N-dealkylation sites (tertiary alicyclic amines) is 1. The molecule has 4 nitrogen and oxygen atoms in total. The highest BCUT2D eigenvalue weighted by molar-refractivity contribution is 8.08. The molecule has 0 bridgehead atoms. The van der Waals surface area contributed by atoms with E-state index in [9.17, 15) is 9.18 Å². The van der Waals surface area contributed by atoms with Gasteiger partial charge in [0.15, 0.2) is 0 Å². The third kappa shape index (κ3) is 4.11. The van der Waals surface area contributed by atoms with Gasteiger partial charge in [-0.15, -0.1) is 23.4 Å². The van der Waals surface area contributed by atoms with Gasteiger partial charge in [-0.3, -0.25) is 9.78 Å². The number of rotatable bonds is 5. The summed E-state index contributed by atoms with van der Waals surface area (Å²) >= 11 is 7.84. The number of aryl methyl sites for hydroxylation is 1. The van der Waals surface area contributed by atoms with E-state index in [0.717, 1.165) is 22.6 Å². The summed E-state index contributed by atoms with van der Waals surface area (Å²) < 4.78 is 12.7. The van der Waals surface area contributed by atoms with Crippen LogP contribution in [0.15, 0.2) is 24.5 Å². The Balaban J connectivity index is 1.53. The highest BCUT2D eigenvalue weighted by Crippen LogP contribution is 2.36. The Bertz CT molecular complexity index is 688.